The summed E-state index contributed by atoms with van der Waals surface area (Å²) in [5.41, 5.74) is 1.78. The van der Waals surface area contributed by atoms with Gasteiger partial charge < -0.3 is 14.5 Å². The molecule has 1 fully saturated rings. The van der Waals surface area contributed by atoms with Crippen molar-refractivity contribution in [3.8, 4) is 0 Å². The third-order valence-corrected chi connectivity index (χ3v) is 5.01. The topological polar surface area (TPSA) is 63.8 Å². The molecule has 0 unspecified atom stereocenters. The zero-order valence-electron chi connectivity index (χ0n) is 15.0. The molecule has 1 aliphatic heterocycles. The van der Waals surface area contributed by atoms with Gasteiger partial charge in [-0.2, -0.15) is 0 Å². The van der Waals surface area contributed by atoms with Crippen LogP contribution in [0.25, 0.3) is 11.0 Å². The maximum atomic E-state index is 12.9. The molecule has 0 aliphatic carbocycles. The van der Waals surface area contributed by atoms with E-state index in [0.29, 0.717) is 33.4 Å². The molecule has 1 atom stereocenters. The van der Waals surface area contributed by atoms with Crippen LogP contribution in [0.4, 0.5) is 5.69 Å². The van der Waals surface area contributed by atoms with Crippen molar-refractivity contribution in [2.75, 3.05) is 13.2 Å². The molecule has 0 spiro atoms. The maximum Gasteiger partial charge on any atom is 0.256 e. The Morgan fingerprint density at radius 2 is 1.89 bits per heavy atom. The standard InChI is InChI=1S/C21H18Cl2N2O3/c22-14-3-6-16(7-4-14)25-21-18(20(26)24-12-17-2-1-9-27-17)11-13-10-15(23)5-8-19(13)28-21/h3-8,10-11,17H,1-2,9,12H2,(H,24,26)/t17-/m1/s1. The molecule has 28 heavy (non-hydrogen) atoms. The minimum Gasteiger partial charge on any atom is -0.438 e. The Labute approximate surface area is 171 Å². The molecule has 3 aromatic rings. The van der Waals surface area contributed by atoms with Gasteiger partial charge in [0.2, 0.25) is 5.55 Å². The van der Waals surface area contributed by atoms with Gasteiger partial charge >= 0.3 is 0 Å². The molecule has 0 bridgehead atoms. The Bertz CT molecular complexity index is 1070. The first kappa shape index (κ1) is 19.0. The first-order valence-corrected chi connectivity index (χ1v) is 9.77. The van der Waals surface area contributed by atoms with Gasteiger partial charge in [-0.1, -0.05) is 23.2 Å². The first-order valence-electron chi connectivity index (χ1n) is 9.02. The maximum absolute atomic E-state index is 12.9. The zero-order chi connectivity index (χ0) is 19.5. The molecule has 1 amide bonds. The minimum absolute atomic E-state index is 0.0486. The van der Waals surface area contributed by atoms with E-state index in [1.54, 1.807) is 48.5 Å². The van der Waals surface area contributed by atoms with E-state index >= 15 is 0 Å². The van der Waals surface area contributed by atoms with Gasteiger partial charge in [0.25, 0.3) is 5.91 Å². The lowest BCUT2D eigenvalue weighted by molar-refractivity contribution is 0.0854. The number of amides is 1. The first-order chi connectivity index (χ1) is 13.6. The van der Waals surface area contributed by atoms with Gasteiger partial charge in [-0.25, -0.2) is 4.99 Å². The van der Waals surface area contributed by atoms with Crippen molar-refractivity contribution in [2.24, 2.45) is 4.99 Å². The number of ether oxygens (including phenoxy) is 1. The van der Waals surface area contributed by atoms with Crippen LogP contribution in [-0.4, -0.2) is 25.2 Å². The highest BCUT2D eigenvalue weighted by molar-refractivity contribution is 6.31. The van der Waals surface area contributed by atoms with Crippen LogP contribution >= 0.6 is 23.2 Å². The minimum atomic E-state index is -0.270. The van der Waals surface area contributed by atoms with E-state index in [2.05, 4.69) is 10.3 Å². The SMILES string of the molecule is O=C(NC[C@H]1CCCO1)c1cc2cc(Cl)ccc2oc1=Nc1ccc(Cl)cc1. The number of hydrogen-bond donors (Lipinski definition) is 1. The molecule has 0 saturated carbocycles. The van der Waals surface area contributed by atoms with E-state index in [4.69, 9.17) is 32.4 Å². The van der Waals surface area contributed by atoms with E-state index in [1.807, 2.05) is 0 Å². The summed E-state index contributed by atoms with van der Waals surface area (Å²) in [6.07, 6.45) is 2.01. The van der Waals surface area contributed by atoms with E-state index < -0.39 is 0 Å². The summed E-state index contributed by atoms with van der Waals surface area (Å²) in [4.78, 5) is 17.4. The fourth-order valence-corrected chi connectivity index (χ4v) is 3.39. The summed E-state index contributed by atoms with van der Waals surface area (Å²) in [6.45, 7) is 1.19. The predicted molar refractivity (Wildman–Crippen MR) is 109 cm³/mol. The van der Waals surface area contributed by atoms with Crippen molar-refractivity contribution in [1.29, 1.82) is 0 Å². The van der Waals surface area contributed by atoms with Crippen LogP contribution in [0.15, 0.2) is 57.9 Å². The number of rotatable bonds is 4. The van der Waals surface area contributed by atoms with E-state index in [-0.39, 0.29) is 17.6 Å². The van der Waals surface area contributed by atoms with Crippen LogP contribution in [0.5, 0.6) is 0 Å². The number of carbonyl (C=O) groups excluding carboxylic acids is 1. The molecule has 144 valence electrons. The smallest absolute Gasteiger partial charge is 0.256 e. The third-order valence-electron chi connectivity index (χ3n) is 4.52. The molecule has 1 N–H and O–H groups in total. The summed E-state index contributed by atoms with van der Waals surface area (Å²) < 4.78 is 11.5. The zero-order valence-corrected chi connectivity index (χ0v) is 16.5. The van der Waals surface area contributed by atoms with E-state index in [1.165, 1.54) is 0 Å². The van der Waals surface area contributed by atoms with Gasteiger partial charge in [-0.3, -0.25) is 4.79 Å². The molecular weight excluding hydrogens is 399 g/mol. The molecule has 1 aliphatic rings. The number of carbonyl (C=O) groups is 1. The Hall–Kier alpha value is -2.34. The van der Waals surface area contributed by atoms with Crippen LogP contribution < -0.4 is 10.9 Å². The number of hydrogen-bond acceptors (Lipinski definition) is 4. The Morgan fingerprint density at radius 1 is 1.11 bits per heavy atom. The fraction of sp³-hybridized carbons (Fsp3) is 0.238. The fourth-order valence-electron chi connectivity index (χ4n) is 3.09. The van der Waals surface area contributed by atoms with Gasteiger partial charge in [-0.05, 0) is 61.4 Å². The number of fused-ring (bicyclic) bond motifs is 1. The highest BCUT2D eigenvalue weighted by Gasteiger charge is 2.18. The molecule has 0 radical (unpaired) electrons. The second-order valence-electron chi connectivity index (χ2n) is 6.58. The van der Waals surface area contributed by atoms with E-state index in [0.717, 1.165) is 24.8 Å². The van der Waals surface area contributed by atoms with Crippen LogP contribution in [0.1, 0.15) is 23.2 Å². The lowest BCUT2D eigenvalue weighted by Gasteiger charge is -2.11. The number of nitrogens with one attached hydrogen (secondary N) is 1. The van der Waals surface area contributed by atoms with Crippen LogP contribution in [0.3, 0.4) is 0 Å². The summed E-state index contributed by atoms with van der Waals surface area (Å²) in [5.74, 6) is -0.270. The lowest BCUT2D eigenvalue weighted by Crippen LogP contribution is -2.34. The largest absolute Gasteiger partial charge is 0.438 e. The van der Waals surface area contributed by atoms with Gasteiger partial charge in [0.1, 0.15) is 11.1 Å². The van der Waals surface area contributed by atoms with Crippen molar-refractivity contribution in [2.45, 2.75) is 18.9 Å². The predicted octanol–water partition coefficient (Wildman–Crippen LogP) is 4.88. The molecule has 4 rings (SSSR count). The number of benzene rings is 2. The normalized spacial score (nSPS) is 17.2. The molecule has 5 nitrogen and oxygen atoms in total. The van der Waals surface area contributed by atoms with Crippen molar-refractivity contribution in [3.05, 3.63) is 69.7 Å². The quantitative estimate of drug-likeness (QED) is 0.658. The summed E-state index contributed by atoms with van der Waals surface area (Å²) >= 11 is 12.0. The highest BCUT2D eigenvalue weighted by Crippen LogP contribution is 2.20. The van der Waals surface area contributed by atoms with Gasteiger partial charge in [0, 0.05) is 28.6 Å². The Morgan fingerprint density at radius 3 is 2.64 bits per heavy atom. The van der Waals surface area contributed by atoms with Gasteiger partial charge in [0.15, 0.2) is 0 Å². The summed E-state index contributed by atoms with van der Waals surface area (Å²) in [6, 6.07) is 14.0. The van der Waals surface area contributed by atoms with Crippen molar-refractivity contribution in [1.82, 2.24) is 5.32 Å². The second kappa shape index (κ2) is 8.35. The molecule has 7 heteroatoms. The van der Waals surface area contributed by atoms with Crippen LogP contribution in [0.2, 0.25) is 10.0 Å². The highest BCUT2D eigenvalue weighted by atomic mass is 35.5. The van der Waals surface area contributed by atoms with Crippen LogP contribution in [0, 0.1) is 0 Å². The Balaban J connectivity index is 1.74. The number of halogens is 2. The average molecular weight is 417 g/mol. The third kappa shape index (κ3) is 4.38. The second-order valence-corrected chi connectivity index (χ2v) is 7.45. The van der Waals surface area contributed by atoms with Gasteiger partial charge in [0.05, 0.1) is 11.8 Å². The van der Waals surface area contributed by atoms with Crippen molar-refractivity contribution >= 4 is 45.8 Å². The average Bonchev–Trinajstić information content (AvgIpc) is 3.21. The van der Waals surface area contributed by atoms with Crippen molar-refractivity contribution < 1.29 is 13.9 Å². The molecule has 1 saturated heterocycles. The van der Waals surface area contributed by atoms with Crippen LogP contribution in [-0.2, 0) is 4.74 Å². The van der Waals surface area contributed by atoms with Gasteiger partial charge in [-0.15, -0.1) is 0 Å². The van der Waals surface area contributed by atoms with E-state index in [9.17, 15) is 4.79 Å². The molecular formula is C21H18Cl2N2O3. The molecule has 2 aromatic carbocycles. The monoisotopic (exact) mass is 416 g/mol. The molecule has 1 aromatic heterocycles. The Kier molecular flexibility index (Phi) is 5.67. The number of nitrogens with zero attached hydrogens (tertiary/aromatic N) is 1. The summed E-state index contributed by atoms with van der Waals surface area (Å²) in [5, 5.41) is 4.82. The molecule has 2 heterocycles. The van der Waals surface area contributed by atoms with Crippen molar-refractivity contribution in [3.63, 3.8) is 0 Å². The lowest BCUT2D eigenvalue weighted by atomic mass is 10.1. The summed E-state index contributed by atoms with van der Waals surface area (Å²) in [7, 11) is 0.